The van der Waals surface area contributed by atoms with Gasteiger partial charge in [0, 0.05) is 5.71 Å². The normalized spacial score (nSPS) is 13.2. The molecule has 0 heterocycles. The molecular weight excluding hydrogens is 224 g/mol. The van der Waals surface area contributed by atoms with Crippen LogP contribution in [0.2, 0.25) is 0 Å². The number of hydrogen-bond donors (Lipinski definition) is 1. The summed E-state index contributed by atoms with van der Waals surface area (Å²) in [5.74, 6) is -0.764. The predicted octanol–water partition coefficient (Wildman–Crippen LogP) is 1.55. The molecule has 0 aromatic heterocycles. The first-order valence-electron chi connectivity index (χ1n) is 5.48. The number of carbonyl (C=O) groups excluding carboxylic acids is 2. The molecule has 98 valence electrons. The highest BCUT2D eigenvalue weighted by Gasteiger charge is 2.26. The molecule has 1 atom stereocenters. The van der Waals surface area contributed by atoms with E-state index in [1.165, 1.54) is 7.11 Å². The fraction of sp³-hybridized carbons (Fsp3) is 0.727. The van der Waals surface area contributed by atoms with Crippen LogP contribution in [-0.2, 0) is 14.3 Å². The summed E-state index contributed by atoms with van der Waals surface area (Å²) in [4.78, 5) is 22.5. The number of esters is 1. The van der Waals surface area contributed by atoms with E-state index >= 15 is 0 Å². The maximum atomic E-state index is 11.7. The number of methoxy groups -OCH3 is 1. The Labute approximate surface area is 101 Å². The summed E-state index contributed by atoms with van der Waals surface area (Å²) in [5.41, 5.74) is 2.67. The lowest BCUT2D eigenvalue weighted by Crippen LogP contribution is -2.31. The summed E-state index contributed by atoms with van der Waals surface area (Å²) in [6.45, 7) is 7.50. The molecule has 0 aliphatic rings. The first-order valence-corrected chi connectivity index (χ1v) is 5.48. The van der Waals surface area contributed by atoms with Crippen LogP contribution in [0.15, 0.2) is 5.10 Å². The van der Waals surface area contributed by atoms with Crippen molar-refractivity contribution in [2.24, 2.45) is 16.9 Å². The number of nitrogens with zero attached hydrogens (tertiary/aromatic N) is 1. The van der Waals surface area contributed by atoms with Crippen LogP contribution in [-0.4, -0.2) is 31.5 Å². The van der Waals surface area contributed by atoms with Gasteiger partial charge in [-0.15, -0.1) is 0 Å². The number of nitrogens with one attached hydrogen (secondary N) is 1. The Morgan fingerprint density at radius 1 is 1.35 bits per heavy atom. The summed E-state index contributed by atoms with van der Waals surface area (Å²) < 4.78 is 9.33. The van der Waals surface area contributed by atoms with E-state index in [4.69, 9.17) is 4.74 Å². The number of amides is 1. The number of hydrogen-bond acceptors (Lipinski definition) is 5. The number of ether oxygens (including phenoxy) is 2. The van der Waals surface area contributed by atoms with Gasteiger partial charge in [-0.2, -0.15) is 5.10 Å². The van der Waals surface area contributed by atoms with E-state index < -0.39 is 12.0 Å². The van der Waals surface area contributed by atoms with Crippen molar-refractivity contribution in [2.75, 3.05) is 13.7 Å². The summed E-state index contributed by atoms with van der Waals surface area (Å²) in [7, 11) is 1.24. The summed E-state index contributed by atoms with van der Waals surface area (Å²) in [6, 6.07) is 0. The molecule has 0 saturated carbocycles. The smallest absolute Gasteiger partial charge is 0.427 e. The van der Waals surface area contributed by atoms with Gasteiger partial charge in [0.05, 0.1) is 19.6 Å². The lowest BCUT2D eigenvalue weighted by molar-refractivity contribution is -0.146. The second-order valence-electron chi connectivity index (χ2n) is 3.83. The molecule has 0 aromatic carbocycles. The zero-order valence-corrected chi connectivity index (χ0v) is 10.9. The molecule has 1 N–H and O–H groups in total. The Morgan fingerprint density at radius 3 is 2.35 bits per heavy atom. The van der Waals surface area contributed by atoms with Gasteiger partial charge in [0.15, 0.2) is 0 Å². The molecule has 0 aromatic rings. The van der Waals surface area contributed by atoms with E-state index in [2.05, 4.69) is 15.3 Å². The van der Waals surface area contributed by atoms with Crippen LogP contribution in [0.25, 0.3) is 0 Å². The minimum Gasteiger partial charge on any atom is -0.465 e. The standard InChI is InChI=1S/C11H20N2O4/c1-6-17-10(14)9(7(2)3)8(4)12-13-11(15)16-5/h7,9H,6H2,1-5H3,(H,13,15)/b12-8+. The average Bonchev–Trinajstić information content (AvgIpc) is 2.25. The third kappa shape index (κ3) is 5.33. The molecule has 17 heavy (non-hydrogen) atoms. The second kappa shape index (κ2) is 7.65. The van der Waals surface area contributed by atoms with Crippen LogP contribution in [0.3, 0.4) is 0 Å². The number of rotatable bonds is 5. The van der Waals surface area contributed by atoms with Gasteiger partial charge in [0.25, 0.3) is 0 Å². The van der Waals surface area contributed by atoms with E-state index in [9.17, 15) is 9.59 Å². The van der Waals surface area contributed by atoms with Gasteiger partial charge in [-0.05, 0) is 19.8 Å². The molecule has 0 aliphatic heterocycles. The van der Waals surface area contributed by atoms with Gasteiger partial charge in [0.2, 0.25) is 0 Å². The number of carbonyl (C=O) groups is 2. The van der Waals surface area contributed by atoms with Crippen LogP contribution in [0, 0.1) is 11.8 Å². The third-order valence-electron chi connectivity index (χ3n) is 2.17. The molecule has 6 heteroatoms. The molecule has 0 aliphatic carbocycles. The molecule has 1 unspecified atom stereocenters. The maximum Gasteiger partial charge on any atom is 0.427 e. The van der Waals surface area contributed by atoms with Crippen molar-refractivity contribution in [1.29, 1.82) is 0 Å². The van der Waals surface area contributed by atoms with Crippen LogP contribution in [0.1, 0.15) is 27.7 Å². The Hall–Kier alpha value is -1.59. The van der Waals surface area contributed by atoms with Crippen molar-refractivity contribution in [3.8, 4) is 0 Å². The van der Waals surface area contributed by atoms with Gasteiger partial charge < -0.3 is 9.47 Å². The quantitative estimate of drug-likeness (QED) is 0.452. The summed E-state index contributed by atoms with van der Waals surface area (Å²) in [5, 5.41) is 3.81. The maximum absolute atomic E-state index is 11.7. The van der Waals surface area contributed by atoms with E-state index in [0.717, 1.165) is 0 Å². The average molecular weight is 244 g/mol. The minimum absolute atomic E-state index is 0.0391. The van der Waals surface area contributed by atoms with Crippen LogP contribution in [0.5, 0.6) is 0 Å². The minimum atomic E-state index is -0.671. The fourth-order valence-electron chi connectivity index (χ4n) is 1.41. The molecule has 0 saturated heterocycles. The second-order valence-corrected chi connectivity index (χ2v) is 3.83. The summed E-state index contributed by atoms with van der Waals surface area (Å²) >= 11 is 0. The van der Waals surface area contributed by atoms with Crippen molar-refractivity contribution < 1.29 is 19.1 Å². The Balaban J connectivity index is 4.70. The molecule has 0 rings (SSSR count). The van der Waals surface area contributed by atoms with Crippen molar-refractivity contribution in [3.05, 3.63) is 0 Å². The third-order valence-corrected chi connectivity index (χ3v) is 2.17. The van der Waals surface area contributed by atoms with E-state index in [1.807, 2.05) is 13.8 Å². The van der Waals surface area contributed by atoms with Crippen LogP contribution in [0.4, 0.5) is 4.79 Å². The highest BCUT2D eigenvalue weighted by molar-refractivity contribution is 6.01. The first kappa shape index (κ1) is 15.4. The molecule has 1 amide bonds. The van der Waals surface area contributed by atoms with E-state index in [1.54, 1.807) is 13.8 Å². The first-order chi connectivity index (χ1) is 7.93. The zero-order chi connectivity index (χ0) is 13.4. The monoisotopic (exact) mass is 244 g/mol. The van der Waals surface area contributed by atoms with Gasteiger partial charge >= 0.3 is 12.1 Å². The van der Waals surface area contributed by atoms with Crippen LogP contribution >= 0.6 is 0 Å². The van der Waals surface area contributed by atoms with Crippen molar-refractivity contribution >= 4 is 17.8 Å². The number of hydrazone groups is 1. The van der Waals surface area contributed by atoms with Gasteiger partial charge in [0.1, 0.15) is 0 Å². The van der Waals surface area contributed by atoms with E-state index in [-0.39, 0.29) is 11.9 Å². The molecule has 6 nitrogen and oxygen atoms in total. The summed E-state index contributed by atoms with van der Waals surface area (Å²) in [6.07, 6.45) is -0.671. The lowest BCUT2D eigenvalue weighted by atomic mass is 9.92. The van der Waals surface area contributed by atoms with E-state index in [0.29, 0.717) is 12.3 Å². The van der Waals surface area contributed by atoms with Gasteiger partial charge in [-0.3, -0.25) is 4.79 Å². The Kier molecular flexibility index (Phi) is 6.93. The Bertz CT molecular complexity index is 300. The van der Waals surface area contributed by atoms with Gasteiger partial charge in [-0.25, -0.2) is 10.2 Å². The van der Waals surface area contributed by atoms with Crippen molar-refractivity contribution in [2.45, 2.75) is 27.7 Å². The van der Waals surface area contributed by atoms with Gasteiger partial charge in [-0.1, -0.05) is 13.8 Å². The highest BCUT2D eigenvalue weighted by atomic mass is 16.5. The largest absolute Gasteiger partial charge is 0.465 e. The topological polar surface area (TPSA) is 77.0 Å². The fourth-order valence-corrected chi connectivity index (χ4v) is 1.41. The van der Waals surface area contributed by atoms with Crippen molar-refractivity contribution in [3.63, 3.8) is 0 Å². The Morgan fingerprint density at radius 2 is 1.94 bits per heavy atom. The highest BCUT2D eigenvalue weighted by Crippen LogP contribution is 2.15. The molecular formula is C11H20N2O4. The molecule has 0 bridgehead atoms. The molecule has 0 radical (unpaired) electrons. The van der Waals surface area contributed by atoms with Crippen molar-refractivity contribution in [1.82, 2.24) is 5.43 Å². The van der Waals surface area contributed by atoms with Crippen LogP contribution < -0.4 is 5.43 Å². The lowest BCUT2D eigenvalue weighted by Gasteiger charge is -2.18. The SMILES string of the molecule is CCOC(=O)C(/C(C)=N/NC(=O)OC)C(C)C. The molecule has 0 spiro atoms. The predicted molar refractivity (Wildman–Crippen MR) is 63.6 cm³/mol. The zero-order valence-electron chi connectivity index (χ0n) is 10.9. The molecule has 0 fully saturated rings.